The van der Waals surface area contributed by atoms with Crippen LogP contribution in [0.15, 0.2) is 0 Å². The fourth-order valence-electron chi connectivity index (χ4n) is 1.54. The number of aryl methyl sites for hydroxylation is 1. The summed E-state index contributed by atoms with van der Waals surface area (Å²) in [6.45, 7) is 3.80. The number of nitrogens with one attached hydrogen (secondary N) is 2. The zero-order valence-corrected chi connectivity index (χ0v) is 11.8. The first-order valence-corrected chi connectivity index (χ1v) is 7.62. The van der Waals surface area contributed by atoms with Gasteiger partial charge in [0.2, 0.25) is 0 Å². The van der Waals surface area contributed by atoms with E-state index in [9.17, 15) is 9.00 Å². The Labute approximate surface area is 109 Å². The number of hydrogen-bond donors (Lipinski definition) is 3. The van der Waals surface area contributed by atoms with Crippen molar-refractivity contribution >= 4 is 22.4 Å². The van der Waals surface area contributed by atoms with Gasteiger partial charge in [-0.05, 0) is 19.8 Å². The highest BCUT2D eigenvalue weighted by Crippen LogP contribution is 2.14. The fraction of sp³-hybridized carbons (Fsp3) is 0.636. The second-order valence-corrected chi connectivity index (χ2v) is 5.81. The van der Waals surface area contributed by atoms with Gasteiger partial charge in [-0.15, -0.1) is 0 Å². The molecule has 0 saturated carbocycles. The molecule has 0 saturated heterocycles. The highest BCUT2D eigenvalue weighted by molar-refractivity contribution is 7.84. The molecule has 0 aliphatic carbocycles. The molecule has 1 heterocycles. The SMILES string of the molecule is CCc1[nH]nc(C(=O)NC(C)CCS(C)=O)c1N. The van der Waals surface area contributed by atoms with Crippen LogP contribution in [0, 0.1) is 0 Å². The van der Waals surface area contributed by atoms with Crippen LogP contribution >= 0.6 is 0 Å². The molecule has 2 unspecified atom stereocenters. The zero-order valence-electron chi connectivity index (χ0n) is 10.9. The van der Waals surface area contributed by atoms with Gasteiger partial charge in [-0.25, -0.2) is 0 Å². The molecule has 1 rings (SSSR count). The first-order chi connectivity index (χ1) is 8.45. The second kappa shape index (κ2) is 6.53. The monoisotopic (exact) mass is 272 g/mol. The summed E-state index contributed by atoms with van der Waals surface area (Å²) in [5.41, 5.74) is 7.21. The van der Waals surface area contributed by atoms with Crippen molar-refractivity contribution in [3.05, 3.63) is 11.4 Å². The Balaban J connectivity index is 2.59. The van der Waals surface area contributed by atoms with E-state index in [1.807, 2.05) is 13.8 Å². The van der Waals surface area contributed by atoms with Gasteiger partial charge in [0.05, 0.1) is 11.4 Å². The van der Waals surface area contributed by atoms with Gasteiger partial charge in [-0.2, -0.15) is 5.10 Å². The topological polar surface area (TPSA) is 101 Å². The number of rotatable bonds is 6. The summed E-state index contributed by atoms with van der Waals surface area (Å²) in [4.78, 5) is 11.9. The lowest BCUT2D eigenvalue weighted by Crippen LogP contribution is -2.34. The van der Waals surface area contributed by atoms with Crippen molar-refractivity contribution in [1.29, 1.82) is 0 Å². The van der Waals surface area contributed by atoms with E-state index < -0.39 is 10.8 Å². The molecule has 7 heteroatoms. The van der Waals surface area contributed by atoms with Gasteiger partial charge in [-0.1, -0.05) is 6.92 Å². The van der Waals surface area contributed by atoms with Crippen molar-refractivity contribution in [3.63, 3.8) is 0 Å². The average molecular weight is 272 g/mol. The predicted octanol–water partition coefficient (Wildman–Crippen LogP) is 0.441. The highest BCUT2D eigenvalue weighted by Gasteiger charge is 2.17. The quantitative estimate of drug-likeness (QED) is 0.699. The van der Waals surface area contributed by atoms with Crippen molar-refractivity contribution in [2.75, 3.05) is 17.7 Å². The Morgan fingerprint density at radius 2 is 2.28 bits per heavy atom. The number of hydrogen-bond acceptors (Lipinski definition) is 4. The molecule has 4 N–H and O–H groups in total. The van der Waals surface area contributed by atoms with Gasteiger partial charge in [0, 0.05) is 28.9 Å². The number of nitrogens with two attached hydrogens (primary N) is 1. The minimum atomic E-state index is -0.845. The lowest BCUT2D eigenvalue weighted by Gasteiger charge is -2.12. The number of aromatic nitrogens is 2. The van der Waals surface area contributed by atoms with Crippen molar-refractivity contribution in [2.45, 2.75) is 32.7 Å². The summed E-state index contributed by atoms with van der Waals surface area (Å²) in [6, 6.07) is -0.0532. The Bertz CT molecular complexity index is 444. The fourth-order valence-corrected chi connectivity index (χ4v) is 2.22. The van der Waals surface area contributed by atoms with Gasteiger partial charge in [0.1, 0.15) is 0 Å². The molecule has 6 nitrogen and oxygen atoms in total. The van der Waals surface area contributed by atoms with E-state index >= 15 is 0 Å². The third kappa shape index (κ3) is 3.83. The summed E-state index contributed by atoms with van der Waals surface area (Å²) in [7, 11) is -0.845. The van der Waals surface area contributed by atoms with Crippen LogP contribution in [0.1, 0.15) is 36.5 Å². The van der Waals surface area contributed by atoms with Crippen LogP contribution in [0.5, 0.6) is 0 Å². The number of H-pyrrole nitrogens is 1. The maximum absolute atomic E-state index is 11.9. The summed E-state index contributed by atoms with van der Waals surface area (Å²) in [5.74, 6) is 0.273. The Kier molecular flexibility index (Phi) is 5.33. The number of nitrogens with zero attached hydrogens (tertiary/aromatic N) is 1. The van der Waals surface area contributed by atoms with Crippen LogP contribution in [-0.4, -0.2) is 38.4 Å². The van der Waals surface area contributed by atoms with Crippen molar-refractivity contribution in [1.82, 2.24) is 15.5 Å². The maximum atomic E-state index is 11.9. The average Bonchev–Trinajstić information content (AvgIpc) is 2.67. The molecule has 0 spiro atoms. The summed E-state index contributed by atoms with van der Waals surface area (Å²) >= 11 is 0. The molecule has 0 radical (unpaired) electrons. The minimum absolute atomic E-state index is 0.0532. The molecule has 0 fully saturated rings. The first kappa shape index (κ1) is 14.7. The molecule has 0 aliphatic rings. The van der Waals surface area contributed by atoms with E-state index in [1.165, 1.54) is 0 Å². The molecular formula is C11H20N4O2S. The van der Waals surface area contributed by atoms with Crippen LogP contribution in [0.25, 0.3) is 0 Å². The third-order valence-corrected chi connectivity index (χ3v) is 3.48. The van der Waals surface area contributed by atoms with Crippen LogP contribution in [0.3, 0.4) is 0 Å². The molecule has 0 aliphatic heterocycles. The number of aromatic amines is 1. The number of anilines is 1. The van der Waals surface area contributed by atoms with E-state index in [4.69, 9.17) is 5.73 Å². The molecule has 0 aromatic carbocycles. The third-order valence-electron chi connectivity index (χ3n) is 2.67. The summed E-state index contributed by atoms with van der Waals surface area (Å²) in [6.07, 6.45) is 3.02. The lowest BCUT2D eigenvalue weighted by atomic mass is 10.2. The van der Waals surface area contributed by atoms with Gasteiger partial charge < -0.3 is 11.1 Å². The summed E-state index contributed by atoms with van der Waals surface area (Å²) < 4.78 is 11.0. The smallest absolute Gasteiger partial charge is 0.274 e. The van der Waals surface area contributed by atoms with Crippen LogP contribution in [0.2, 0.25) is 0 Å². The number of carbonyl (C=O) groups is 1. The molecule has 102 valence electrons. The van der Waals surface area contributed by atoms with Gasteiger partial charge in [-0.3, -0.25) is 14.1 Å². The predicted molar refractivity (Wildman–Crippen MR) is 72.9 cm³/mol. The minimum Gasteiger partial charge on any atom is -0.395 e. The highest BCUT2D eigenvalue weighted by atomic mass is 32.2. The van der Waals surface area contributed by atoms with Crippen LogP contribution in [0.4, 0.5) is 5.69 Å². The molecule has 1 aromatic heterocycles. The second-order valence-electron chi connectivity index (χ2n) is 4.26. The summed E-state index contributed by atoms with van der Waals surface area (Å²) in [5, 5.41) is 9.45. The normalized spacial score (nSPS) is 14.2. The number of amides is 1. The molecule has 1 amide bonds. The van der Waals surface area contributed by atoms with Crippen molar-refractivity contribution in [3.8, 4) is 0 Å². The lowest BCUT2D eigenvalue weighted by molar-refractivity contribution is 0.0935. The van der Waals surface area contributed by atoms with Gasteiger partial charge in [0.25, 0.3) is 5.91 Å². The largest absolute Gasteiger partial charge is 0.395 e. The van der Waals surface area contributed by atoms with Crippen molar-refractivity contribution < 1.29 is 9.00 Å². The molecule has 0 bridgehead atoms. The van der Waals surface area contributed by atoms with Crippen LogP contribution in [-0.2, 0) is 17.2 Å². The Morgan fingerprint density at radius 3 is 2.78 bits per heavy atom. The maximum Gasteiger partial charge on any atom is 0.274 e. The number of carbonyl (C=O) groups excluding carboxylic acids is 1. The zero-order chi connectivity index (χ0) is 13.7. The Morgan fingerprint density at radius 1 is 1.61 bits per heavy atom. The van der Waals surface area contributed by atoms with E-state index in [0.717, 1.165) is 5.69 Å². The van der Waals surface area contributed by atoms with Gasteiger partial charge >= 0.3 is 0 Å². The number of nitrogen functional groups attached to an aromatic ring is 1. The first-order valence-electron chi connectivity index (χ1n) is 5.89. The molecular weight excluding hydrogens is 252 g/mol. The Hall–Kier alpha value is -1.37. The van der Waals surface area contributed by atoms with E-state index in [-0.39, 0.29) is 17.6 Å². The van der Waals surface area contributed by atoms with E-state index in [1.54, 1.807) is 6.26 Å². The van der Waals surface area contributed by atoms with E-state index in [0.29, 0.717) is 24.3 Å². The molecule has 1 aromatic rings. The standard InChI is InChI=1S/C11H20N4O2S/c1-4-8-9(12)10(15-14-8)11(16)13-7(2)5-6-18(3)17/h7H,4-6,12H2,1-3H3,(H,13,16)(H,14,15). The van der Waals surface area contributed by atoms with E-state index in [2.05, 4.69) is 15.5 Å². The van der Waals surface area contributed by atoms with Crippen molar-refractivity contribution in [2.24, 2.45) is 0 Å². The molecule has 2 atom stereocenters. The van der Waals surface area contributed by atoms with Gasteiger partial charge in [0.15, 0.2) is 5.69 Å². The molecule has 18 heavy (non-hydrogen) atoms. The van der Waals surface area contributed by atoms with Crippen LogP contribution < -0.4 is 11.1 Å².